The van der Waals surface area contributed by atoms with Crippen LogP contribution in [0.5, 0.6) is 0 Å². The summed E-state index contributed by atoms with van der Waals surface area (Å²) < 4.78 is 0. The van der Waals surface area contributed by atoms with Gasteiger partial charge in [0.15, 0.2) is 0 Å². The number of quaternary nitrogens is 3. The third-order valence-electron chi connectivity index (χ3n) is 9.33. The van der Waals surface area contributed by atoms with Crippen molar-refractivity contribution in [3.63, 3.8) is 0 Å². The number of unbranched alkanes of at least 4 members (excludes halogenated alkanes) is 15. The van der Waals surface area contributed by atoms with Crippen LogP contribution in [0.3, 0.4) is 0 Å². The summed E-state index contributed by atoms with van der Waals surface area (Å²) >= 11 is 0. The predicted molar refractivity (Wildman–Crippen MR) is 202 cm³/mol. The molecule has 0 spiro atoms. The maximum absolute atomic E-state index is 13.4. The molecule has 5 amide bonds. The van der Waals surface area contributed by atoms with Gasteiger partial charge in [-0.1, -0.05) is 77.6 Å². The average molecular weight is 728 g/mol. The number of nitrogens with two attached hydrogens (primary N) is 1. The standard InChI is InChI=1S/C38H76N8O5/c1-2-3-4-5-6-7-8-10-13-26-35(48)45-33(24-17-20-29-41)38(51)46-32(23-16-19-28-40)37(50)43-30-21-12-9-11-14-25-34(47)44-31(36(42)49)22-15-18-27-39/h31-33H,2-30,39-41H2,1H3,(H2,42,49)(H,43,50)(H,44,47)(H,45,48)(H,46,51)/p+3. The number of hydrogen-bond acceptors (Lipinski definition) is 5. The number of nitrogens with one attached hydrogen (secondary N) is 4. The van der Waals surface area contributed by atoms with Crippen LogP contribution in [0.15, 0.2) is 0 Å². The monoisotopic (exact) mass is 728 g/mol. The van der Waals surface area contributed by atoms with Crippen LogP contribution in [-0.2, 0) is 24.0 Å². The topological polar surface area (TPSA) is 242 Å². The quantitative estimate of drug-likeness (QED) is 0.0447. The molecular formula is C38H79N8O5+3. The molecule has 0 rings (SSSR count). The Bertz CT molecular complexity index is 923. The SMILES string of the molecule is CCCCCCCCCCCC(=O)NC(CCCC[NH3+])C(=O)NC(CCCC[NH3+])C(=O)NCCCCCCCC(=O)NC(CCCC[NH3+])C(N)=O. The van der Waals surface area contributed by atoms with Gasteiger partial charge in [0.1, 0.15) is 18.1 Å². The van der Waals surface area contributed by atoms with Gasteiger partial charge in [-0.25, -0.2) is 0 Å². The van der Waals surface area contributed by atoms with Gasteiger partial charge in [-0.2, -0.15) is 0 Å². The zero-order valence-corrected chi connectivity index (χ0v) is 32.5. The summed E-state index contributed by atoms with van der Waals surface area (Å²) in [6.07, 6.45) is 22.0. The lowest BCUT2D eigenvalue weighted by molar-refractivity contribution is -0.369. The minimum atomic E-state index is -0.673. The molecule has 0 aliphatic heterocycles. The highest BCUT2D eigenvalue weighted by Gasteiger charge is 2.26. The molecule has 3 unspecified atom stereocenters. The summed E-state index contributed by atoms with van der Waals surface area (Å²) in [6.45, 7) is 5.03. The minimum Gasteiger partial charge on any atom is -0.368 e. The second kappa shape index (κ2) is 34.3. The molecule has 0 aliphatic rings. The highest BCUT2D eigenvalue weighted by Crippen LogP contribution is 2.12. The number of carbonyl (C=O) groups excluding carboxylic acids is 5. The number of primary amides is 1. The van der Waals surface area contributed by atoms with Gasteiger partial charge in [0, 0.05) is 19.4 Å². The van der Waals surface area contributed by atoms with Crippen molar-refractivity contribution < 1.29 is 41.2 Å². The van der Waals surface area contributed by atoms with Crippen molar-refractivity contribution in [1.29, 1.82) is 0 Å². The average Bonchev–Trinajstić information content (AvgIpc) is 3.10. The van der Waals surface area contributed by atoms with E-state index >= 15 is 0 Å². The van der Waals surface area contributed by atoms with Gasteiger partial charge in [-0.3, -0.25) is 24.0 Å². The summed E-state index contributed by atoms with van der Waals surface area (Å²) in [6, 6.07) is -1.97. The number of rotatable bonds is 36. The molecule has 51 heavy (non-hydrogen) atoms. The molecular weight excluding hydrogens is 648 g/mol. The van der Waals surface area contributed by atoms with Gasteiger partial charge in [0.05, 0.1) is 19.6 Å². The molecule has 0 saturated heterocycles. The summed E-state index contributed by atoms with van der Waals surface area (Å²) in [4.78, 5) is 63.3. The van der Waals surface area contributed by atoms with E-state index < -0.39 is 24.0 Å². The number of carbonyl (C=O) groups is 5. The summed E-state index contributed by atoms with van der Waals surface area (Å²) in [5, 5.41) is 11.7. The van der Waals surface area contributed by atoms with Crippen molar-refractivity contribution in [2.75, 3.05) is 26.2 Å². The van der Waals surface area contributed by atoms with Gasteiger partial charge < -0.3 is 44.2 Å². The molecule has 0 aromatic heterocycles. The highest BCUT2D eigenvalue weighted by atomic mass is 16.2. The van der Waals surface area contributed by atoms with Crippen LogP contribution in [0.25, 0.3) is 0 Å². The first-order valence-corrected chi connectivity index (χ1v) is 20.5. The van der Waals surface area contributed by atoms with Crippen LogP contribution < -0.4 is 44.2 Å². The zero-order chi connectivity index (χ0) is 38.0. The van der Waals surface area contributed by atoms with E-state index in [4.69, 9.17) is 5.73 Å². The fourth-order valence-electron chi connectivity index (χ4n) is 6.08. The normalized spacial score (nSPS) is 12.9. The van der Waals surface area contributed by atoms with E-state index in [0.29, 0.717) is 45.1 Å². The molecule has 0 heterocycles. The Morgan fingerprint density at radius 1 is 0.471 bits per heavy atom. The number of hydrogen-bond donors (Lipinski definition) is 8. The van der Waals surface area contributed by atoms with E-state index in [1.54, 1.807) is 0 Å². The van der Waals surface area contributed by atoms with E-state index in [-0.39, 0.29) is 23.6 Å². The van der Waals surface area contributed by atoms with E-state index in [1.165, 1.54) is 38.5 Å². The molecule has 0 aromatic carbocycles. The Kier molecular flexibility index (Phi) is 32.5. The van der Waals surface area contributed by atoms with Gasteiger partial charge in [0.25, 0.3) is 0 Å². The van der Waals surface area contributed by atoms with Crippen molar-refractivity contribution in [3.05, 3.63) is 0 Å². The summed E-state index contributed by atoms with van der Waals surface area (Å²) in [7, 11) is 0. The van der Waals surface area contributed by atoms with Gasteiger partial charge in [-0.05, 0) is 77.0 Å². The Morgan fingerprint density at radius 3 is 1.31 bits per heavy atom. The second-order valence-corrected chi connectivity index (χ2v) is 14.1. The molecule has 0 aliphatic carbocycles. The zero-order valence-electron chi connectivity index (χ0n) is 32.5. The first-order chi connectivity index (χ1) is 24.7. The second-order valence-electron chi connectivity index (χ2n) is 14.1. The Morgan fingerprint density at radius 2 is 0.863 bits per heavy atom. The summed E-state index contributed by atoms with van der Waals surface area (Å²) in [5.41, 5.74) is 17.0. The molecule has 298 valence electrons. The van der Waals surface area contributed by atoms with E-state index in [2.05, 4.69) is 45.4 Å². The van der Waals surface area contributed by atoms with Crippen LogP contribution in [0.1, 0.15) is 167 Å². The van der Waals surface area contributed by atoms with Crippen LogP contribution in [0.2, 0.25) is 0 Å². The first-order valence-electron chi connectivity index (χ1n) is 20.5. The molecule has 0 fully saturated rings. The van der Waals surface area contributed by atoms with Crippen LogP contribution >= 0.6 is 0 Å². The van der Waals surface area contributed by atoms with Crippen LogP contribution in [0.4, 0.5) is 0 Å². The van der Waals surface area contributed by atoms with Gasteiger partial charge in [0.2, 0.25) is 29.5 Å². The maximum atomic E-state index is 13.4. The third kappa shape index (κ3) is 28.5. The lowest BCUT2D eigenvalue weighted by Gasteiger charge is -2.23. The van der Waals surface area contributed by atoms with E-state index in [1.807, 2.05) is 0 Å². The Balaban J connectivity index is 4.69. The van der Waals surface area contributed by atoms with E-state index in [9.17, 15) is 24.0 Å². The van der Waals surface area contributed by atoms with Gasteiger partial charge in [-0.15, -0.1) is 0 Å². The molecule has 0 radical (unpaired) electrons. The largest absolute Gasteiger partial charge is 0.368 e. The molecule has 0 aromatic rings. The highest BCUT2D eigenvalue weighted by molar-refractivity contribution is 5.92. The molecule has 3 atom stereocenters. The van der Waals surface area contributed by atoms with Crippen molar-refractivity contribution in [2.45, 2.75) is 186 Å². The lowest BCUT2D eigenvalue weighted by Crippen LogP contribution is -2.54. The van der Waals surface area contributed by atoms with Gasteiger partial charge >= 0.3 is 0 Å². The van der Waals surface area contributed by atoms with Crippen molar-refractivity contribution >= 4 is 29.5 Å². The third-order valence-corrected chi connectivity index (χ3v) is 9.33. The molecule has 13 nitrogen and oxygen atoms in total. The molecule has 13 heteroatoms. The molecule has 0 saturated carbocycles. The molecule has 15 N–H and O–H groups in total. The Hall–Kier alpha value is -2.77. The predicted octanol–water partition coefficient (Wildman–Crippen LogP) is 1.54. The van der Waals surface area contributed by atoms with Crippen LogP contribution in [-0.4, -0.2) is 73.8 Å². The fraction of sp³-hybridized carbons (Fsp3) is 0.868. The summed E-state index contributed by atoms with van der Waals surface area (Å²) in [5.74, 6) is -1.29. The minimum absolute atomic E-state index is 0.110. The molecule has 0 bridgehead atoms. The van der Waals surface area contributed by atoms with E-state index in [0.717, 1.165) is 103 Å². The van der Waals surface area contributed by atoms with Crippen LogP contribution in [0, 0.1) is 0 Å². The van der Waals surface area contributed by atoms with Crippen molar-refractivity contribution in [3.8, 4) is 0 Å². The lowest BCUT2D eigenvalue weighted by atomic mass is 10.0. The fourth-order valence-corrected chi connectivity index (χ4v) is 6.08. The smallest absolute Gasteiger partial charge is 0.243 e. The maximum Gasteiger partial charge on any atom is 0.243 e. The van der Waals surface area contributed by atoms with Crippen molar-refractivity contribution in [2.24, 2.45) is 5.73 Å². The first kappa shape index (κ1) is 48.2. The Labute approximate surface area is 309 Å². The van der Waals surface area contributed by atoms with Crippen molar-refractivity contribution in [1.82, 2.24) is 21.3 Å². The number of amides is 5.